The summed E-state index contributed by atoms with van der Waals surface area (Å²) in [5.74, 6) is 0.0547. The number of benzene rings is 1. The van der Waals surface area contributed by atoms with Crippen LogP contribution >= 0.6 is 0 Å². The monoisotopic (exact) mass is 271 g/mol. The van der Waals surface area contributed by atoms with Gasteiger partial charge in [-0.3, -0.25) is 9.48 Å². The van der Waals surface area contributed by atoms with Crippen LogP contribution in [-0.2, 0) is 13.0 Å². The lowest BCUT2D eigenvalue weighted by molar-refractivity contribution is 0.103. The first-order valence-corrected chi connectivity index (χ1v) is 7.06. The normalized spacial score (nSPS) is 10.7. The average molecular weight is 271 g/mol. The quantitative estimate of drug-likeness (QED) is 0.786. The Hall–Kier alpha value is -1.94. The molecule has 0 saturated carbocycles. The van der Waals surface area contributed by atoms with Crippen LogP contribution in [-0.4, -0.2) is 29.2 Å². The smallest absolute Gasteiger partial charge is 0.196 e. The summed E-state index contributed by atoms with van der Waals surface area (Å²) in [5, 5.41) is 7.34. The second-order valence-electron chi connectivity index (χ2n) is 4.83. The third-order valence-electron chi connectivity index (χ3n) is 3.25. The van der Waals surface area contributed by atoms with Gasteiger partial charge >= 0.3 is 0 Å². The molecule has 2 aromatic rings. The fraction of sp³-hybridized carbons (Fsp3) is 0.375. The number of carbonyl (C=O) groups excluding carboxylic acids is 1. The van der Waals surface area contributed by atoms with Gasteiger partial charge in [0.1, 0.15) is 0 Å². The molecule has 0 fully saturated rings. The Morgan fingerprint density at radius 2 is 2.15 bits per heavy atom. The van der Waals surface area contributed by atoms with E-state index in [1.807, 2.05) is 42.2 Å². The second kappa shape index (κ2) is 7.01. The zero-order chi connectivity index (χ0) is 14.4. The topological polar surface area (TPSA) is 46.9 Å². The lowest BCUT2D eigenvalue weighted by Gasteiger charge is -2.07. The number of aromatic nitrogens is 2. The van der Waals surface area contributed by atoms with E-state index in [-0.39, 0.29) is 5.78 Å². The van der Waals surface area contributed by atoms with E-state index in [4.69, 9.17) is 0 Å². The summed E-state index contributed by atoms with van der Waals surface area (Å²) in [6.07, 6.45) is 5.35. The maximum Gasteiger partial charge on any atom is 0.196 e. The zero-order valence-corrected chi connectivity index (χ0v) is 12.1. The molecule has 1 aromatic carbocycles. The fourth-order valence-electron chi connectivity index (χ4n) is 2.21. The van der Waals surface area contributed by atoms with Crippen molar-refractivity contribution in [3.8, 4) is 0 Å². The van der Waals surface area contributed by atoms with Crippen molar-refractivity contribution in [2.45, 2.75) is 26.3 Å². The van der Waals surface area contributed by atoms with E-state index in [1.165, 1.54) is 0 Å². The number of hydrogen-bond acceptors (Lipinski definition) is 3. The standard InChI is InChI=1S/C16H21N3O/c1-3-10-19-12-14(11-18-19)16(20)15-7-5-4-6-13(15)8-9-17-2/h4-7,11-12,17H,3,8-10H2,1-2H3. The van der Waals surface area contributed by atoms with Crippen LogP contribution < -0.4 is 5.32 Å². The second-order valence-corrected chi connectivity index (χ2v) is 4.83. The predicted molar refractivity (Wildman–Crippen MR) is 80.0 cm³/mol. The Morgan fingerprint density at radius 3 is 2.90 bits per heavy atom. The summed E-state index contributed by atoms with van der Waals surface area (Å²) in [4.78, 5) is 12.6. The molecule has 1 aromatic heterocycles. The molecular formula is C16H21N3O. The molecule has 0 aliphatic heterocycles. The van der Waals surface area contributed by atoms with Gasteiger partial charge < -0.3 is 5.32 Å². The predicted octanol–water partition coefficient (Wildman–Crippen LogP) is 2.29. The number of nitrogens with one attached hydrogen (secondary N) is 1. The summed E-state index contributed by atoms with van der Waals surface area (Å²) in [7, 11) is 1.92. The molecule has 0 aliphatic carbocycles. The maximum absolute atomic E-state index is 12.6. The van der Waals surface area contributed by atoms with Gasteiger partial charge in [-0.2, -0.15) is 5.10 Å². The SMILES string of the molecule is CCCn1cc(C(=O)c2ccccc2CCNC)cn1. The van der Waals surface area contributed by atoms with E-state index in [2.05, 4.69) is 17.3 Å². The number of carbonyl (C=O) groups is 1. The van der Waals surface area contributed by atoms with Crippen molar-refractivity contribution in [3.05, 3.63) is 53.3 Å². The van der Waals surface area contributed by atoms with Crippen molar-refractivity contribution in [2.75, 3.05) is 13.6 Å². The minimum atomic E-state index is 0.0547. The van der Waals surface area contributed by atoms with E-state index < -0.39 is 0 Å². The maximum atomic E-state index is 12.6. The summed E-state index contributed by atoms with van der Waals surface area (Å²) >= 11 is 0. The molecule has 0 spiro atoms. The molecule has 0 atom stereocenters. The third kappa shape index (κ3) is 3.33. The molecule has 1 N–H and O–H groups in total. The highest BCUT2D eigenvalue weighted by Crippen LogP contribution is 2.15. The molecule has 1 heterocycles. The summed E-state index contributed by atoms with van der Waals surface area (Å²) in [6, 6.07) is 7.79. The lowest BCUT2D eigenvalue weighted by atomic mass is 9.98. The number of likely N-dealkylation sites (N-methyl/N-ethyl adjacent to an activating group) is 1. The van der Waals surface area contributed by atoms with Gasteiger partial charge in [0.2, 0.25) is 0 Å². The number of rotatable bonds is 7. The largest absolute Gasteiger partial charge is 0.319 e. The molecule has 20 heavy (non-hydrogen) atoms. The van der Waals surface area contributed by atoms with Crippen LogP contribution in [0.2, 0.25) is 0 Å². The van der Waals surface area contributed by atoms with Crippen LogP contribution in [0.5, 0.6) is 0 Å². The Labute approximate surface area is 119 Å². The highest BCUT2D eigenvalue weighted by atomic mass is 16.1. The molecule has 2 rings (SSSR count). The van der Waals surface area contributed by atoms with Gasteiger partial charge in [-0.15, -0.1) is 0 Å². The first kappa shape index (κ1) is 14.5. The van der Waals surface area contributed by atoms with Crippen LogP contribution in [0.4, 0.5) is 0 Å². The molecular weight excluding hydrogens is 250 g/mol. The fourth-order valence-corrected chi connectivity index (χ4v) is 2.21. The Balaban J connectivity index is 2.23. The molecule has 0 unspecified atom stereocenters. The van der Waals surface area contributed by atoms with E-state index in [0.29, 0.717) is 5.56 Å². The van der Waals surface area contributed by atoms with Gasteiger partial charge in [-0.1, -0.05) is 31.2 Å². The van der Waals surface area contributed by atoms with E-state index in [1.54, 1.807) is 6.20 Å². The Kier molecular flexibility index (Phi) is 5.07. The number of hydrogen-bond donors (Lipinski definition) is 1. The first-order valence-electron chi connectivity index (χ1n) is 7.06. The van der Waals surface area contributed by atoms with Gasteiger partial charge in [0.15, 0.2) is 5.78 Å². The average Bonchev–Trinajstić information content (AvgIpc) is 2.94. The third-order valence-corrected chi connectivity index (χ3v) is 3.25. The zero-order valence-electron chi connectivity index (χ0n) is 12.1. The van der Waals surface area contributed by atoms with Crippen molar-refractivity contribution < 1.29 is 4.79 Å². The van der Waals surface area contributed by atoms with Crippen molar-refractivity contribution in [3.63, 3.8) is 0 Å². The highest BCUT2D eigenvalue weighted by Gasteiger charge is 2.14. The Bertz CT molecular complexity index is 575. The minimum absolute atomic E-state index is 0.0547. The van der Waals surface area contributed by atoms with E-state index in [0.717, 1.165) is 37.1 Å². The van der Waals surface area contributed by atoms with E-state index >= 15 is 0 Å². The minimum Gasteiger partial charge on any atom is -0.319 e. The lowest BCUT2D eigenvalue weighted by Crippen LogP contribution is -2.13. The summed E-state index contributed by atoms with van der Waals surface area (Å²) < 4.78 is 1.82. The van der Waals surface area contributed by atoms with Crippen molar-refractivity contribution in [2.24, 2.45) is 0 Å². The van der Waals surface area contributed by atoms with Crippen molar-refractivity contribution >= 4 is 5.78 Å². The van der Waals surface area contributed by atoms with Gasteiger partial charge in [-0.25, -0.2) is 0 Å². The molecule has 106 valence electrons. The van der Waals surface area contributed by atoms with Crippen LogP contribution in [0.1, 0.15) is 34.8 Å². The van der Waals surface area contributed by atoms with Gasteiger partial charge in [0, 0.05) is 18.3 Å². The van der Waals surface area contributed by atoms with Gasteiger partial charge in [0.25, 0.3) is 0 Å². The van der Waals surface area contributed by atoms with Crippen LogP contribution in [0, 0.1) is 0 Å². The van der Waals surface area contributed by atoms with Crippen LogP contribution in [0.25, 0.3) is 0 Å². The molecule has 4 nitrogen and oxygen atoms in total. The summed E-state index contributed by atoms with van der Waals surface area (Å²) in [6.45, 7) is 3.80. The van der Waals surface area contributed by atoms with Crippen LogP contribution in [0.15, 0.2) is 36.7 Å². The molecule has 0 amide bonds. The number of nitrogens with zero attached hydrogens (tertiary/aromatic N) is 2. The molecule has 4 heteroatoms. The van der Waals surface area contributed by atoms with Gasteiger partial charge in [0.05, 0.1) is 11.8 Å². The first-order chi connectivity index (χ1) is 9.76. The van der Waals surface area contributed by atoms with Crippen molar-refractivity contribution in [1.29, 1.82) is 0 Å². The number of ketones is 1. The molecule has 0 bridgehead atoms. The van der Waals surface area contributed by atoms with Crippen molar-refractivity contribution in [1.82, 2.24) is 15.1 Å². The Morgan fingerprint density at radius 1 is 1.35 bits per heavy atom. The molecule has 0 aliphatic rings. The van der Waals surface area contributed by atoms with Crippen LogP contribution in [0.3, 0.4) is 0 Å². The molecule has 0 radical (unpaired) electrons. The van der Waals surface area contributed by atoms with E-state index in [9.17, 15) is 4.79 Å². The number of aryl methyl sites for hydroxylation is 1. The summed E-state index contributed by atoms with van der Waals surface area (Å²) in [5.41, 5.74) is 2.52. The highest BCUT2D eigenvalue weighted by molar-refractivity contribution is 6.09. The van der Waals surface area contributed by atoms with Gasteiger partial charge in [-0.05, 0) is 32.0 Å². The molecule has 0 saturated heterocycles.